The van der Waals surface area contributed by atoms with Crippen molar-refractivity contribution in [2.24, 2.45) is 0 Å². The van der Waals surface area contributed by atoms with Crippen molar-refractivity contribution in [1.82, 2.24) is 9.80 Å². The van der Waals surface area contributed by atoms with Crippen molar-refractivity contribution in [3.63, 3.8) is 0 Å². The zero-order chi connectivity index (χ0) is 18.3. The van der Waals surface area contributed by atoms with E-state index in [4.69, 9.17) is 0 Å². The third-order valence-corrected chi connectivity index (χ3v) is 3.63. The summed E-state index contributed by atoms with van der Waals surface area (Å²) in [5.74, 6) is -1.82. The third kappa shape index (κ3) is 9.11. The molecule has 0 aliphatic heterocycles. The number of hydrogen-bond donors (Lipinski definition) is 2. The topological polar surface area (TPSA) is 99.5 Å². The summed E-state index contributed by atoms with van der Waals surface area (Å²) in [5, 5.41) is 20.0. The fraction of sp³-hybridized carbons (Fsp3) is 0.857. The van der Waals surface area contributed by atoms with Crippen molar-refractivity contribution in [1.29, 1.82) is 0 Å². The summed E-state index contributed by atoms with van der Waals surface area (Å²) in [7, 11) is 7.25. The normalized spacial score (nSPS) is 16.8. The molecule has 0 saturated heterocycles. The molecule has 0 saturated carbocycles. The van der Waals surface area contributed by atoms with Gasteiger partial charge in [0, 0.05) is 13.1 Å². The van der Waals surface area contributed by atoms with Gasteiger partial charge in [-0.05, 0) is 54.9 Å². The summed E-state index contributed by atoms with van der Waals surface area (Å²) in [6.45, 7) is 3.64. The van der Waals surface area contributed by atoms with Crippen LogP contribution in [-0.2, 0) is 18.0 Å². The minimum Gasteiger partial charge on any atom is -0.378 e. The van der Waals surface area contributed by atoms with Crippen molar-refractivity contribution in [2.75, 3.05) is 41.3 Å². The van der Waals surface area contributed by atoms with Gasteiger partial charge in [0.15, 0.2) is 11.2 Å². The second kappa shape index (κ2) is 9.43. The third-order valence-electron chi connectivity index (χ3n) is 3.19. The van der Waals surface area contributed by atoms with E-state index in [-0.39, 0.29) is 25.2 Å². The molecule has 0 spiro atoms. The molecule has 0 aromatic rings. The Labute approximate surface area is 142 Å². The molecule has 2 N–H and O–H groups in total. The van der Waals surface area contributed by atoms with Gasteiger partial charge in [-0.3, -0.25) is 0 Å². The molecule has 0 aliphatic rings. The molecule has 9 heteroatoms. The van der Waals surface area contributed by atoms with E-state index in [0.717, 1.165) is 0 Å². The standard InChI is InChI=1S/C14H28N2O6S/c1-13(19,7-9-15(3)4)11(17)21-23-22-12(18)14(2,20)8-10-16(5)6/h19-20H,7-10H2,1-6H3. The summed E-state index contributed by atoms with van der Waals surface area (Å²) >= 11 is 0.145. The average Bonchev–Trinajstić information content (AvgIpc) is 2.42. The van der Waals surface area contributed by atoms with Crippen LogP contribution in [0.15, 0.2) is 0 Å². The average molecular weight is 352 g/mol. The van der Waals surface area contributed by atoms with E-state index >= 15 is 0 Å². The Hall–Kier alpha value is -0.870. The molecule has 0 amide bonds. The summed E-state index contributed by atoms with van der Waals surface area (Å²) in [6, 6.07) is 0. The zero-order valence-electron chi connectivity index (χ0n) is 14.7. The van der Waals surface area contributed by atoms with Crippen LogP contribution in [0, 0.1) is 0 Å². The SMILES string of the molecule is CN(C)CCC(C)(O)C(=O)OSOC(=O)C(C)(O)CCN(C)C. The maximum absolute atomic E-state index is 11.8. The minimum absolute atomic E-state index is 0.145. The second-order valence-electron chi connectivity index (χ2n) is 6.46. The molecular weight excluding hydrogens is 324 g/mol. The Kier molecular flexibility index (Phi) is 9.07. The maximum Gasteiger partial charge on any atom is 0.352 e. The fourth-order valence-electron chi connectivity index (χ4n) is 1.35. The van der Waals surface area contributed by atoms with E-state index in [0.29, 0.717) is 13.1 Å². The zero-order valence-corrected chi connectivity index (χ0v) is 15.5. The van der Waals surface area contributed by atoms with Gasteiger partial charge < -0.3 is 28.4 Å². The van der Waals surface area contributed by atoms with Crippen LogP contribution >= 0.6 is 12.3 Å². The molecule has 0 aromatic heterocycles. The second-order valence-corrected chi connectivity index (χ2v) is 6.93. The molecule has 136 valence electrons. The lowest BCUT2D eigenvalue weighted by molar-refractivity contribution is -0.156. The highest BCUT2D eigenvalue weighted by Gasteiger charge is 2.35. The van der Waals surface area contributed by atoms with Crippen LogP contribution in [0.4, 0.5) is 0 Å². The van der Waals surface area contributed by atoms with Crippen molar-refractivity contribution in [3.05, 3.63) is 0 Å². The highest BCUT2D eigenvalue weighted by molar-refractivity contribution is 7.90. The smallest absolute Gasteiger partial charge is 0.352 e. The van der Waals surface area contributed by atoms with Crippen molar-refractivity contribution < 1.29 is 28.2 Å². The van der Waals surface area contributed by atoms with Gasteiger partial charge in [0.25, 0.3) is 12.3 Å². The van der Waals surface area contributed by atoms with Crippen LogP contribution in [0.5, 0.6) is 0 Å². The Morgan fingerprint density at radius 1 is 0.870 bits per heavy atom. The Bertz CT molecular complexity index is 363. The first-order valence-corrected chi connectivity index (χ1v) is 7.89. The Balaban J connectivity index is 4.27. The van der Waals surface area contributed by atoms with Gasteiger partial charge in [0.1, 0.15) is 0 Å². The minimum atomic E-state index is -1.68. The molecule has 2 unspecified atom stereocenters. The predicted octanol–water partition coefficient (Wildman–Crippen LogP) is 0.0414. The lowest BCUT2D eigenvalue weighted by atomic mass is 10.0. The van der Waals surface area contributed by atoms with E-state index in [1.54, 1.807) is 0 Å². The first-order chi connectivity index (χ1) is 10.4. The number of rotatable bonds is 10. The van der Waals surface area contributed by atoms with E-state index in [1.807, 2.05) is 38.0 Å². The number of carbonyl (C=O) groups is 2. The van der Waals surface area contributed by atoms with E-state index in [9.17, 15) is 19.8 Å². The molecule has 0 heterocycles. The molecule has 2 atom stereocenters. The molecule has 23 heavy (non-hydrogen) atoms. The fourth-order valence-corrected chi connectivity index (χ4v) is 1.86. The molecule has 0 rings (SSSR count). The molecule has 0 radical (unpaired) electrons. The largest absolute Gasteiger partial charge is 0.378 e. The van der Waals surface area contributed by atoms with Gasteiger partial charge in [-0.15, -0.1) is 0 Å². The Morgan fingerprint density at radius 2 is 1.17 bits per heavy atom. The summed E-state index contributed by atoms with van der Waals surface area (Å²) in [6.07, 6.45) is 0.349. The van der Waals surface area contributed by atoms with E-state index in [2.05, 4.69) is 8.37 Å². The summed E-state index contributed by atoms with van der Waals surface area (Å²) in [4.78, 5) is 27.1. The van der Waals surface area contributed by atoms with Gasteiger partial charge in [-0.1, -0.05) is 0 Å². The van der Waals surface area contributed by atoms with Crippen LogP contribution in [-0.4, -0.2) is 84.4 Å². The first-order valence-electron chi connectivity index (χ1n) is 7.23. The number of carbonyl (C=O) groups excluding carboxylic acids is 2. The van der Waals surface area contributed by atoms with Crippen LogP contribution < -0.4 is 0 Å². The van der Waals surface area contributed by atoms with Crippen LogP contribution in [0.1, 0.15) is 26.7 Å². The van der Waals surface area contributed by atoms with Crippen molar-refractivity contribution in [2.45, 2.75) is 37.9 Å². The van der Waals surface area contributed by atoms with Gasteiger partial charge in [0.2, 0.25) is 0 Å². The molecule has 0 bridgehead atoms. The van der Waals surface area contributed by atoms with Crippen molar-refractivity contribution in [3.8, 4) is 0 Å². The molecule has 8 nitrogen and oxygen atoms in total. The van der Waals surface area contributed by atoms with Crippen LogP contribution in [0.25, 0.3) is 0 Å². The number of aliphatic hydroxyl groups is 2. The highest BCUT2D eigenvalue weighted by Crippen LogP contribution is 2.20. The lowest BCUT2D eigenvalue weighted by Gasteiger charge is -2.23. The Morgan fingerprint density at radius 3 is 1.43 bits per heavy atom. The number of nitrogens with zero attached hydrogens (tertiary/aromatic N) is 2. The van der Waals surface area contributed by atoms with E-state index in [1.165, 1.54) is 13.8 Å². The summed E-state index contributed by atoms with van der Waals surface area (Å²) < 4.78 is 9.35. The number of hydrogen-bond acceptors (Lipinski definition) is 9. The molecule has 0 aromatic carbocycles. The quantitative estimate of drug-likeness (QED) is 0.528. The predicted molar refractivity (Wildman–Crippen MR) is 87.4 cm³/mol. The van der Waals surface area contributed by atoms with Gasteiger partial charge >= 0.3 is 11.9 Å². The molecular formula is C14H28N2O6S. The highest BCUT2D eigenvalue weighted by atomic mass is 32.2. The maximum atomic E-state index is 11.8. The van der Waals surface area contributed by atoms with Crippen molar-refractivity contribution >= 4 is 24.3 Å². The summed E-state index contributed by atoms with van der Waals surface area (Å²) in [5.41, 5.74) is -3.37. The van der Waals surface area contributed by atoms with Gasteiger partial charge in [-0.25, -0.2) is 9.59 Å². The lowest BCUT2D eigenvalue weighted by Crippen LogP contribution is -2.40. The molecule has 0 fully saturated rings. The van der Waals surface area contributed by atoms with Crippen LogP contribution in [0.2, 0.25) is 0 Å². The molecule has 0 aliphatic carbocycles. The monoisotopic (exact) mass is 352 g/mol. The van der Waals surface area contributed by atoms with E-state index < -0.39 is 23.1 Å². The van der Waals surface area contributed by atoms with Crippen LogP contribution in [0.3, 0.4) is 0 Å². The van der Waals surface area contributed by atoms with Gasteiger partial charge in [-0.2, -0.15) is 0 Å². The van der Waals surface area contributed by atoms with Gasteiger partial charge in [0.05, 0.1) is 0 Å². The first kappa shape index (κ1) is 22.1.